The third kappa shape index (κ3) is 6.94. The van der Waals surface area contributed by atoms with Gasteiger partial charge in [0.2, 0.25) is 0 Å². The third-order valence-corrected chi connectivity index (χ3v) is 12.1. The van der Waals surface area contributed by atoms with Crippen LogP contribution in [0.3, 0.4) is 0 Å². The standard InChI is InChI=1S/C23H24N4O.2C7H8O3S/c28-23-19-5-15(26-9-13-7-24-21(13)11-26)1-3-17(19)18-4-2-16(6-20(18)23)27-10-14-8-25-22(14)12-27;2*1-6-2-4-7(5-3-6)11(8,9)10/h1-6,13-14,21-22,24-25H,7-12H2;2*2-5H,1H3,(H,8,9,10)/t13-,14-,21+,22+;;/m0../s1. The van der Waals surface area contributed by atoms with Crippen LogP contribution in [0.15, 0.2) is 94.7 Å². The van der Waals surface area contributed by atoms with E-state index in [1.807, 2.05) is 13.8 Å². The normalized spacial score (nSPS) is 22.8. The van der Waals surface area contributed by atoms with Gasteiger partial charge in [0.25, 0.3) is 20.2 Å². The number of carbonyl (C=O) groups excluding carboxylic acids is 1. The van der Waals surface area contributed by atoms with Crippen LogP contribution in [-0.4, -0.2) is 83.1 Å². The molecule has 50 heavy (non-hydrogen) atoms. The minimum absolute atomic E-state index is 0.0666. The largest absolute Gasteiger partial charge is 0.370 e. The van der Waals surface area contributed by atoms with Gasteiger partial charge in [-0.2, -0.15) is 16.8 Å². The molecule has 262 valence electrons. The summed E-state index contributed by atoms with van der Waals surface area (Å²) < 4.78 is 59.1. The molecule has 1 aliphatic carbocycles. The first-order valence-electron chi connectivity index (χ1n) is 16.6. The van der Waals surface area contributed by atoms with E-state index in [2.05, 4.69) is 56.8 Å². The van der Waals surface area contributed by atoms with Gasteiger partial charge in [0, 0.05) is 85.7 Å². The zero-order valence-electron chi connectivity index (χ0n) is 27.8. The molecule has 4 fully saturated rings. The smallest absolute Gasteiger partial charge is 0.294 e. The molecule has 0 aromatic heterocycles. The first-order valence-corrected chi connectivity index (χ1v) is 19.5. The fourth-order valence-electron chi connectivity index (χ4n) is 7.19. The highest BCUT2D eigenvalue weighted by Gasteiger charge is 2.41. The van der Waals surface area contributed by atoms with E-state index >= 15 is 0 Å². The Balaban J connectivity index is 0.000000148. The zero-order valence-corrected chi connectivity index (χ0v) is 29.4. The molecule has 0 bridgehead atoms. The summed E-state index contributed by atoms with van der Waals surface area (Å²) in [5.74, 6) is 1.73. The number of aryl methyl sites for hydroxylation is 2. The van der Waals surface area contributed by atoms with E-state index in [0.717, 1.165) is 84.5 Å². The molecule has 11 nitrogen and oxygen atoms in total. The second-order valence-electron chi connectivity index (χ2n) is 13.7. The molecule has 4 aliphatic heterocycles. The van der Waals surface area contributed by atoms with Crippen molar-refractivity contribution in [3.05, 3.63) is 107 Å². The van der Waals surface area contributed by atoms with Crippen LogP contribution >= 0.6 is 0 Å². The first kappa shape index (κ1) is 34.3. The molecule has 0 saturated carbocycles. The summed E-state index contributed by atoms with van der Waals surface area (Å²) in [6.45, 7) is 10.3. The van der Waals surface area contributed by atoms with Crippen molar-refractivity contribution in [3.8, 4) is 11.1 Å². The van der Waals surface area contributed by atoms with Gasteiger partial charge in [0.1, 0.15) is 0 Å². The number of hydrogen-bond donors (Lipinski definition) is 4. The van der Waals surface area contributed by atoms with Gasteiger partial charge in [-0.25, -0.2) is 0 Å². The van der Waals surface area contributed by atoms with Crippen LogP contribution in [0.4, 0.5) is 11.4 Å². The molecule has 0 amide bonds. The minimum atomic E-state index is -4.02. The topological polar surface area (TPSA) is 156 Å². The number of rotatable bonds is 4. The number of carbonyl (C=O) groups is 1. The SMILES string of the molecule is Cc1ccc(S(=O)(=O)O)cc1.Cc1ccc(S(=O)(=O)O)cc1.O=C1c2cc(N3C[C@@H]4CN[C@@H]4C3)ccc2-c2ccc(N3C[C@@H]4CN[C@@H]4C3)cc21. The van der Waals surface area contributed by atoms with Crippen molar-refractivity contribution in [3.63, 3.8) is 0 Å². The van der Waals surface area contributed by atoms with Crippen LogP contribution < -0.4 is 20.4 Å². The van der Waals surface area contributed by atoms with Crippen LogP contribution in [0, 0.1) is 25.7 Å². The molecule has 4 atom stereocenters. The quantitative estimate of drug-likeness (QED) is 0.198. The molecular weight excluding hydrogens is 677 g/mol. The first-order chi connectivity index (χ1) is 23.7. The Morgan fingerprint density at radius 1 is 0.560 bits per heavy atom. The van der Waals surface area contributed by atoms with Crippen LogP contribution in [-0.2, 0) is 20.2 Å². The van der Waals surface area contributed by atoms with Crippen LogP contribution in [0.25, 0.3) is 11.1 Å². The summed E-state index contributed by atoms with van der Waals surface area (Å²) >= 11 is 0. The van der Waals surface area contributed by atoms with Crippen LogP contribution in [0.5, 0.6) is 0 Å². The van der Waals surface area contributed by atoms with Crippen molar-refractivity contribution in [1.29, 1.82) is 0 Å². The zero-order chi connectivity index (χ0) is 35.4. The highest BCUT2D eigenvalue weighted by molar-refractivity contribution is 7.86. The van der Waals surface area contributed by atoms with Gasteiger partial charge in [-0.1, -0.05) is 47.5 Å². The van der Waals surface area contributed by atoms with E-state index < -0.39 is 20.2 Å². The second kappa shape index (κ2) is 13.2. The molecule has 4 aromatic rings. The second-order valence-corrected chi connectivity index (χ2v) is 16.6. The fourth-order valence-corrected chi connectivity index (χ4v) is 8.15. The molecule has 0 radical (unpaired) electrons. The summed E-state index contributed by atoms with van der Waals surface area (Å²) in [6.07, 6.45) is 0. The lowest BCUT2D eigenvalue weighted by Crippen LogP contribution is -2.51. The number of anilines is 2. The fraction of sp³-hybridized carbons (Fsp3) is 0.324. The van der Waals surface area contributed by atoms with Crippen molar-refractivity contribution in [1.82, 2.24) is 10.6 Å². The molecular formula is C37H40N4O7S2. The summed E-state index contributed by atoms with van der Waals surface area (Å²) in [7, 11) is -8.04. The Morgan fingerprint density at radius 2 is 0.940 bits per heavy atom. The number of fused-ring (bicyclic) bond motifs is 5. The lowest BCUT2D eigenvalue weighted by Gasteiger charge is -2.29. The van der Waals surface area contributed by atoms with E-state index in [0.29, 0.717) is 12.1 Å². The van der Waals surface area contributed by atoms with Crippen molar-refractivity contribution in [2.75, 3.05) is 49.1 Å². The molecule has 0 unspecified atom stereocenters. The van der Waals surface area contributed by atoms with Gasteiger partial charge in [0.15, 0.2) is 5.78 Å². The molecule has 4 heterocycles. The Morgan fingerprint density at radius 3 is 1.22 bits per heavy atom. The van der Waals surface area contributed by atoms with Gasteiger partial charge in [-0.05, 0) is 73.5 Å². The molecule has 9 rings (SSSR count). The van der Waals surface area contributed by atoms with E-state index in [4.69, 9.17) is 9.11 Å². The lowest BCUT2D eigenvalue weighted by atomic mass is 9.96. The predicted octanol–water partition coefficient (Wildman–Crippen LogP) is 4.20. The third-order valence-electron chi connectivity index (χ3n) is 10.3. The maximum Gasteiger partial charge on any atom is 0.294 e. The van der Waals surface area contributed by atoms with Crippen molar-refractivity contribution in [2.24, 2.45) is 11.8 Å². The molecule has 4 saturated heterocycles. The van der Waals surface area contributed by atoms with Crippen LogP contribution in [0.1, 0.15) is 27.0 Å². The highest BCUT2D eigenvalue weighted by Crippen LogP contribution is 2.42. The Kier molecular flexibility index (Phi) is 9.08. The Hall–Kier alpha value is -4.11. The molecule has 5 aliphatic rings. The summed E-state index contributed by atoms with van der Waals surface area (Å²) in [5, 5.41) is 7.02. The van der Waals surface area contributed by atoms with E-state index in [1.165, 1.54) is 35.6 Å². The maximum absolute atomic E-state index is 13.2. The average Bonchev–Trinajstić information content (AvgIpc) is 3.64. The van der Waals surface area contributed by atoms with Gasteiger partial charge in [-0.15, -0.1) is 0 Å². The van der Waals surface area contributed by atoms with Crippen LogP contribution in [0.2, 0.25) is 0 Å². The van der Waals surface area contributed by atoms with Gasteiger partial charge in [0.05, 0.1) is 9.79 Å². The number of benzene rings is 4. The van der Waals surface area contributed by atoms with E-state index in [-0.39, 0.29) is 15.6 Å². The molecule has 4 aromatic carbocycles. The monoisotopic (exact) mass is 716 g/mol. The van der Waals surface area contributed by atoms with Crippen molar-refractivity contribution in [2.45, 2.75) is 35.7 Å². The van der Waals surface area contributed by atoms with Crippen molar-refractivity contribution >= 4 is 37.4 Å². The Bertz CT molecular complexity index is 1980. The van der Waals surface area contributed by atoms with Crippen molar-refractivity contribution < 1.29 is 30.7 Å². The molecule has 0 spiro atoms. The maximum atomic E-state index is 13.2. The molecule has 4 N–H and O–H groups in total. The average molecular weight is 717 g/mol. The minimum Gasteiger partial charge on any atom is -0.370 e. The number of nitrogens with one attached hydrogen (secondary N) is 2. The number of nitrogens with zero attached hydrogens (tertiary/aromatic N) is 2. The number of ketones is 1. The van der Waals surface area contributed by atoms with Gasteiger partial charge >= 0.3 is 0 Å². The summed E-state index contributed by atoms with van der Waals surface area (Å²) in [6, 6.07) is 26.2. The van der Waals surface area contributed by atoms with Gasteiger partial charge in [-0.3, -0.25) is 13.9 Å². The van der Waals surface area contributed by atoms with E-state index in [1.54, 1.807) is 24.3 Å². The predicted molar refractivity (Wildman–Crippen MR) is 192 cm³/mol. The lowest BCUT2D eigenvalue weighted by molar-refractivity contribution is 0.104. The van der Waals surface area contributed by atoms with Gasteiger partial charge < -0.3 is 20.4 Å². The number of hydrogen-bond acceptors (Lipinski definition) is 9. The van der Waals surface area contributed by atoms with E-state index in [9.17, 15) is 21.6 Å². The molecule has 13 heteroatoms. The highest BCUT2D eigenvalue weighted by atomic mass is 32.2. The summed E-state index contributed by atoms with van der Waals surface area (Å²) in [4.78, 5) is 18.0. The Labute approximate surface area is 292 Å². The summed E-state index contributed by atoms with van der Waals surface area (Å²) in [5.41, 5.74) is 8.24.